The zero-order valence-corrected chi connectivity index (χ0v) is 12.1. The van der Waals surface area contributed by atoms with Crippen LogP contribution in [-0.2, 0) is 16.0 Å². The Hall–Kier alpha value is -2.80. The summed E-state index contributed by atoms with van der Waals surface area (Å²) in [7, 11) is 0. The molecule has 108 valence electrons. The van der Waals surface area contributed by atoms with Gasteiger partial charge in [0.2, 0.25) is 12.2 Å². The van der Waals surface area contributed by atoms with E-state index in [0.29, 0.717) is 0 Å². The molecule has 0 spiro atoms. The third-order valence-corrected chi connectivity index (χ3v) is 2.66. The zero-order valence-electron chi connectivity index (χ0n) is 12.1. The Balaban J connectivity index is 0.000000430. The van der Waals surface area contributed by atoms with Gasteiger partial charge in [-0.1, -0.05) is 62.4 Å². The van der Waals surface area contributed by atoms with Crippen LogP contribution < -0.4 is 0 Å². The Morgan fingerprint density at radius 2 is 1.48 bits per heavy atom. The fourth-order valence-electron chi connectivity index (χ4n) is 2.07. The maximum atomic E-state index is 8.35. The summed E-state index contributed by atoms with van der Waals surface area (Å²) in [6.45, 7) is 4.00. The van der Waals surface area contributed by atoms with Crippen LogP contribution in [0, 0.1) is 10.8 Å². The number of rotatable bonds is 0. The molecule has 4 nitrogen and oxygen atoms in total. The van der Waals surface area contributed by atoms with Crippen molar-refractivity contribution in [3.05, 3.63) is 53.6 Å². The Bertz CT molecular complexity index is 646. The van der Waals surface area contributed by atoms with Crippen molar-refractivity contribution in [1.29, 1.82) is 10.8 Å². The van der Waals surface area contributed by atoms with Crippen LogP contribution in [0.5, 0.6) is 0 Å². The molecular weight excluding hydrogens is 264 g/mol. The minimum atomic E-state index is 0.750. The van der Waals surface area contributed by atoms with Gasteiger partial charge < -0.3 is 0 Å². The molecule has 0 bridgehead atoms. The summed E-state index contributed by atoms with van der Waals surface area (Å²) in [4.78, 5) is 16.7. The van der Waals surface area contributed by atoms with Gasteiger partial charge in [0.05, 0.1) is 0 Å². The summed E-state index contributed by atoms with van der Waals surface area (Å²) in [5.41, 5.74) is 2.81. The molecule has 0 saturated heterocycles. The quantitative estimate of drug-likeness (QED) is 0.559. The number of isocyanates is 2. The van der Waals surface area contributed by atoms with Gasteiger partial charge in [-0.05, 0) is 28.3 Å². The Labute approximate surface area is 124 Å². The average Bonchev–Trinajstić information content (AvgIpc) is 2.52. The molecule has 0 aliphatic heterocycles. The molecule has 0 unspecified atom stereocenters. The van der Waals surface area contributed by atoms with E-state index in [1.54, 1.807) is 0 Å². The van der Waals surface area contributed by atoms with Crippen LogP contribution in [0.2, 0.25) is 0 Å². The minimum Gasteiger partial charge on any atom is -0.222 e. The van der Waals surface area contributed by atoms with Crippen LogP contribution in [0.25, 0.3) is 16.8 Å². The van der Waals surface area contributed by atoms with E-state index in [9.17, 15) is 0 Å². The fraction of sp³-hybridized carbons (Fsp3) is 0.176. The lowest BCUT2D eigenvalue weighted by Gasteiger charge is -2.11. The molecule has 2 N–H and O–H groups in total. The van der Waals surface area contributed by atoms with Gasteiger partial charge in [-0.2, -0.15) is 0 Å². The van der Waals surface area contributed by atoms with Gasteiger partial charge in [0.1, 0.15) is 0 Å². The second-order valence-electron chi connectivity index (χ2n) is 3.67. The van der Waals surface area contributed by atoms with E-state index in [0.717, 1.165) is 18.6 Å². The van der Waals surface area contributed by atoms with E-state index >= 15 is 0 Å². The monoisotopic (exact) mass is 282 g/mol. The Morgan fingerprint density at radius 1 is 0.952 bits per heavy atom. The number of carbonyl (C=O) groups excluding carboxylic acids is 2. The van der Waals surface area contributed by atoms with Gasteiger partial charge in [-0.25, -0.2) is 20.4 Å². The Morgan fingerprint density at radius 3 is 2.05 bits per heavy atom. The molecule has 3 rings (SSSR count). The first-order valence-corrected chi connectivity index (χ1v) is 6.53. The van der Waals surface area contributed by atoms with Crippen LogP contribution in [0.15, 0.2) is 42.5 Å². The van der Waals surface area contributed by atoms with Crippen molar-refractivity contribution in [2.75, 3.05) is 0 Å². The molecule has 0 radical (unpaired) electrons. The third kappa shape index (κ3) is 5.37. The first-order chi connectivity index (χ1) is 10.3. The van der Waals surface area contributed by atoms with E-state index in [1.807, 2.05) is 13.8 Å². The maximum absolute atomic E-state index is 8.35. The molecule has 0 atom stereocenters. The highest BCUT2D eigenvalue weighted by Crippen LogP contribution is 2.27. The van der Waals surface area contributed by atoms with Gasteiger partial charge in [0, 0.05) is 0 Å². The standard InChI is InChI=1S/C13H10.C2H6.2CHNO/c1-4-10-6-2-8-12-9-3-7-11(5-1)13(10)12;1-2;2*2-1-3/h1-8H,9H2;1-2H3;2*2H. The van der Waals surface area contributed by atoms with Crippen LogP contribution in [0.1, 0.15) is 25.0 Å². The number of allylic oxidation sites excluding steroid dienone is 1. The van der Waals surface area contributed by atoms with Crippen molar-refractivity contribution < 1.29 is 9.59 Å². The van der Waals surface area contributed by atoms with Crippen LogP contribution in [-0.4, -0.2) is 12.2 Å². The molecular formula is C17H18N2O2. The number of nitrogens with one attached hydrogen (secondary N) is 2. The molecule has 4 heteroatoms. The van der Waals surface area contributed by atoms with Crippen molar-refractivity contribution in [1.82, 2.24) is 0 Å². The molecule has 1 aliphatic rings. The van der Waals surface area contributed by atoms with Crippen LogP contribution in [0.4, 0.5) is 0 Å². The topological polar surface area (TPSA) is 81.8 Å². The molecule has 0 aromatic heterocycles. The molecule has 0 amide bonds. The van der Waals surface area contributed by atoms with Gasteiger partial charge >= 0.3 is 0 Å². The van der Waals surface area contributed by atoms with Crippen molar-refractivity contribution in [2.45, 2.75) is 20.3 Å². The van der Waals surface area contributed by atoms with Gasteiger partial charge in [-0.15, -0.1) is 0 Å². The normalized spacial score (nSPS) is 9.43. The highest BCUT2D eigenvalue weighted by atomic mass is 16.1. The first-order valence-electron chi connectivity index (χ1n) is 6.53. The van der Waals surface area contributed by atoms with Crippen LogP contribution >= 0.6 is 0 Å². The smallest absolute Gasteiger partial charge is 0.222 e. The van der Waals surface area contributed by atoms with Gasteiger partial charge in [0.15, 0.2) is 0 Å². The lowest BCUT2D eigenvalue weighted by Crippen LogP contribution is -1.91. The highest BCUT2D eigenvalue weighted by molar-refractivity contribution is 5.94. The average molecular weight is 282 g/mol. The third-order valence-electron chi connectivity index (χ3n) is 2.66. The molecule has 21 heavy (non-hydrogen) atoms. The van der Waals surface area contributed by atoms with Crippen molar-refractivity contribution in [3.8, 4) is 0 Å². The minimum absolute atomic E-state index is 0.750. The summed E-state index contributed by atoms with van der Waals surface area (Å²) < 4.78 is 0. The Kier molecular flexibility index (Phi) is 9.59. The van der Waals surface area contributed by atoms with Crippen molar-refractivity contribution in [3.63, 3.8) is 0 Å². The molecule has 1 aliphatic carbocycles. The number of hydrogen-bond donors (Lipinski definition) is 2. The lowest BCUT2D eigenvalue weighted by molar-refractivity contribution is 0.562. The maximum Gasteiger partial charge on any atom is 0.231 e. The molecule has 2 aromatic carbocycles. The molecule has 0 heterocycles. The highest BCUT2D eigenvalue weighted by Gasteiger charge is 2.06. The second kappa shape index (κ2) is 11.1. The SMILES string of the molecule is C1=Cc2cccc3cccc(c23)C1.CC.N=C=O.N=C=O. The summed E-state index contributed by atoms with van der Waals surface area (Å²) in [6.07, 6.45) is 7.03. The second-order valence-corrected chi connectivity index (χ2v) is 3.67. The molecule has 0 fully saturated rings. The zero-order chi connectivity index (χ0) is 16.1. The van der Waals surface area contributed by atoms with Gasteiger partial charge in [-0.3, -0.25) is 0 Å². The predicted molar refractivity (Wildman–Crippen MR) is 84.9 cm³/mol. The summed E-state index contributed by atoms with van der Waals surface area (Å²) in [5.74, 6) is 0. The van der Waals surface area contributed by atoms with E-state index in [2.05, 4.69) is 48.6 Å². The summed E-state index contributed by atoms with van der Waals surface area (Å²) >= 11 is 0. The van der Waals surface area contributed by atoms with Gasteiger partial charge in [0.25, 0.3) is 0 Å². The summed E-state index contributed by atoms with van der Waals surface area (Å²) in [6, 6.07) is 13.0. The first kappa shape index (κ1) is 18.2. The van der Waals surface area contributed by atoms with Crippen LogP contribution in [0.3, 0.4) is 0 Å². The lowest BCUT2D eigenvalue weighted by atomic mass is 9.93. The molecule has 0 saturated carbocycles. The number of benzene rings is 2. The van der Waals surface area contributed by atoms with E-state index in [1.165, 1.54) is 21.9 Å². The predicted octanol–water partition coefficient (Wildman–Crippen LogP) is 4.24. The van der Waals surface area contributed by atoms with E-state index < -0.39 is 0 Å². The van der Waals surface area contributed by atoms with Crippen molar-refractivity contribution in [2.24, 2.45) is 0 Å². The van der Waals surface area contributed by atoms with E-state index in [-0.39, 0.29) is 0 Å². The molecule has 2 aromatic rings. The summed E-state index contributed by atoms with van der Waals surface area (Å²) in [5, 5.41) is 13.6. The largest absolute Gasteiger partial charge is 0.231 e. The van der Waals surface area contributed by atoms with E-state index in [4.69, 9.17) is 20.4 Å². The van der Waals surface area contributed by atoms with Crippen molar-refractivity contribution >= 4 is 29.0 Å². The fourth-order valence-corrected chi connectivity index (χ4v) is 2.07. The number of hydrogen-bond acceptors (Lipinski definition) is 4.